The topological polar surface area (TPSA) is 95.9 Å². The maximum atomic E-state index is 12.6. The van der Waals surface area contributed by atoms with E-state index in [0.29, 0.717) is 24.2 Å². The average molecular weight is 346 g/mol. The maximum absolute atomic E-state index is 12.6. The highest BCUT2D eigenvalue weighted by atomic mass is 16.5. The standard InChI is InChI=1S/C18H22N2O5/c1-11-5-6-12(15(21)25-2)8-14(11)19-17(24)20-9-13-4-3-7-18(13,10-20)16(22)23/h5-6,8,13H,3-4,7,9-10H2,1-2H3,(H,19,24)(H,22,23)/t13-,18+/m0/s1. The van der Waals surface area contributed by atoms with Gasteiger partial charge in [0, 0.05) is 18.8 Å². The lowest BCUT2D eigenvalue weighted by atomic mass is 9.81. The Balaban J connectivity index is 1.75. The normalized spacial score (nSPS) is 24.7. The molecule has 0 unspecified atom stereocenters. The van der Waals surface area contributed by atoms with Gasteiger partial charge in [-0.05, 0) is 43.4 Å². The summed E-state index contributed by atoms with van der Waals surface area (Å²) in [6, 6.07) is 4.61. The van der Waals surface area contributed by atoms with Gasteiger partial charge < -0.3 is 20.1 Å². The van der Waals surface area contributed by atoms with Gasteiger partial charge in [0.15, 0.2) is 0 Å². The highest BCUT2D eigenvalue weighted by Crippen LogP contribution is 2.48. The van der Waals surface area contributed by atoms with Crippen molar-refractivity contribution >= 4 is 23.7 Å². The molecule has 7 nitrogen and oxygen atoms in total. The predicted molar refractivity (Wildman–Crippen MR) is 90.5 cm³/mol. The fraction of sp³-hybridized carbons (Fsp3) is 0.500. The zero-order chi connectivity index (χ0) is 18.2. The lowest BCUT2D eigenvalue weighted by Crippen LogP contribution is -2.38. The molecule has 3 rings (SSSR count). The van der Waals surface area contributed by atoms with E-state index in [4.69, 9.17) is 4.74 Å². The zero-order valence-electron chi connectivity index (χ0n) is 14.4. The second-order valence-electron chi connectivity index (χ2n) is 6.88. The molecule has 2 N–H and O–H groups in total. The number of amides is 2. The number of nitrogens with one attached hydrogen (secondary N) is 1. The molecule has 2 fully saturated rings. The van der Waals surface area contributed by atoms with Crippen molar-refractivity contribution in [2.24, 2.45) is 11.3 Å². The number of carbonyl (C=O) groups excluding carboxylic acids is 2. The number of carboxylic acids is 1. The molecule has 2 atom stereocenters. The molecule has 0 aromatic heterocycles. The van der Waals surface area contributed by atoms with Crippen molar-refractivity contribution < 1.29 is 24.2 Å². The number of anilines is 1. The number of aryl methyl sites for hydroxylation is 1. The number of nitrogens with zero attached hydrogens (tertiary/aromatic N) is 1. The highest BCUT2D eigenvalue weighted by molar-refractivity contribution is 5.95. The number of fused-ring (bicyclic) bond motifs is 1. The molecule has 25 heavy (non-hydrogen) atoms. The quantitative estimate of drug-likeness (QED) is 0.820. The van der Waals surface area contributed by atoms with Crippen molar-refractivity contribution in [3.63, 3.8) is 0 Å². The molecule has 0 spiro atoms. The monoisotopic (exact) mass is 346 g/mol. The lowest BCUT2D eigenvalue weighted by Gasteiger charge is -2.23. The van der Waals surface area contributed by atoms with Crippen LogP contribution >= 0.6 is 0 Å². The van der Waals surface area contributed by atoms with Crippen LogP contribution in [0.2, 0.25) is 0 Å². The van der Waals surface area contributed by atoms with Crippen molar-refractivity contribution in [1.82, 2.24) is 4.90 Å². The Bertz CT molecular complexity index is 732. The van der Waals surface area contributed by atoms with Crippen molar-refractivity contribution in [3.05, 3.63) is 29.3 Å². The second-order valence-corrected chi connectivity index (χ2v) is 6.88. The fourth-order valence-corrected chi connectivity index (χ4v) is 3.99. The van der Waals surface area contributed by atoms with Gasteiger partial charge in [-0.1, -0.05) is 12.5 Å². The molecule has 2 aliphatic rings. The molecular weight excluding hydrogens is 324 g/mol. The van der Waals surface area contributed by atoms with Gasteiger partial charge in [-0.15, -0.1) is 0 Å². The molecule has 1 aromatic carbocycles. The summed E-state index contributed by atoms with van der Waals surface area (Å²) in [6.45, 7) is 2.51. The van der Waals surface area contributed by atoms with Crippen LogP contribution in [0.4, 0.5) is 10.5 Å². The third-order valence-electron chi connectivity index (χ3n) is 5.48. The van der Waals surface area contributed by atoms with Gasteiger partial charge in [-0.25, -0.2) is 9.59 Å². The number of ether oxygens (including phenoxy) is 1. The summed E-state index contributed by atoms with van der Waals surface area (Å²) >= 11 is 0. The Kier molecular flexibility index (Phi) is 4.41. The van der Waals surface area contributed by atoms with E-state index in [9.17, 15) is 19.5 Å². The molecule has 134 valence electrons. The minimum absolute atomic E-state index is 0.0123. The van der Waals surface area contributed by atoms with Gasteiger partial charge in [0.2, 0.25) is 0 Å². The number of carbonyl (C=O) groups is 3. The van der Waals surface area contributed by atoms with Crippen molar-refractivity contribution in [3.8, 4) is 0 Å². The fourth-order valence-electron chi connectivity index (χ4n) is 3.99. The van der Waals surface area contributed by atoms with Crippen LogP contribution in [0, 0.1) is 18.3 Å². The number of esters is 1. The van der Waals surface area contributed by atoms with Crippen LogP contribution in [-0.4, -0.2) is 48.2 Å². The number of likely N-dealkylation sites (tertiary alicyclic amines) is 1. The number of aliphatic carboxylic acids is 1. The number of urea groups is 1. The molecule has 1 heterocycles. The first-order valence-electron chi connectivity index (χ1n) is 8.35. The Hall–Kier alpha value is -2.57. The third kappa shape index (κ3) is 2.94. The predicted octanol–water partition coefficient (Wildman–Crippen LogP) is 2.50. The summed E-state index contributed by atoms with van der Waals surface area (Å²) in [5, 5.41) is 12.4. The van der Waals surface area contributed by atoms with Gasteiger partial charge in [-0.3, -0.25) is 4.79 Å². The van der Waals surface area contributed by atoms with E-state index in [1.165, 1.54) is 7.11 Å². The number of carboxylic acid groups (broad SMARTS) is 1. The molecule has 1 saturated carbocycles. The maximum Gasteiger partial charge on any atom is 0.337 e. The number of methoxy groups -OCH3 is 1. The van der Waals surface area contributed by atoms with Crippen molar-refractivity contribution in [1.29, 1.82) is 0 Å². The van der Waals surface area contributed by atoms with E-state index in [-0.39, 0.29) is 18.5 Å². The summed E-state index contributed by atoms with van der Waals surface area (Å²) in [6.07, 6.45) is 2.35. The van der Waals surface area contributed by atoms with Crippen LogP contribution in [0.3, 0.4) is 0 Å². The number of hydrogen-bond acceptors (Lipinski definition) is 4. The Morgan fingerprint density at radius 1 is 1.36 bits per heavy atom. The van der Waals surface area contributed by atoms with Crippen LogP contribution in [0.25, 0.3) is 0 Å². The van der Waals surface area contributed by atoms with E-state index in [2.05, 4.69) is 5.32 Å². The van der Waals surface area contributed by atoms with E-state index in [1.54, 1.807) is 23.1 Å². The first kappa shape index (κ1) is 17.3. The highest BCUT2D eigenvalue weighted by Gasteiger charge is 2.55. The van der Waals surface area contributed by atoms with Gasteiger partial charge in [0.1, 0.15) is 0 Å². The van der Waals surface area contributed by atoms with E-state index in [0.717, 1.165) is 18.4 Å². The Morgan fingerprint density at radius 3 is 2.76 bits per heavy atom. The smallest absolute Gasteiger partial charge is 0.337 e. The van der Waals surface area contributed by atoms with Gasteiger partial charge in [0.25, 0.3) is 0 Å². The number of hydrogen-bond donors (Lipinski definition) is 2. The zero-order valence-corrected chi connectivity index (χ0v) is 14.4. The SMILES string of the molecule is COC(=O)c1ccc(C)c(NC(=O)N2C[C@@H]3CCC[C@@]3(C(=O)O)C2)c1. The molecule has 1 saturated heterocycles. The largest absolute Gasteiger partial charge is 0.481 e. The van der Waals surface area contributed by atoms with Crippen LogP contribution < -0.4 is 5.32 Å². The average Bonchev–Trinajstić information content (AvgIpc) is 3.14. The molecule has 0 bridgehead atoms. The van der Waals surface area contributed by atoms with Crippen molar-refractivity contribution in [2.75, 3.05) is 25.5 Å². The summed E-state index contributed by atoms with van der Waals surface area (Å²) < 4.78 is 4.70. The Labute approximate surface area is 146 Å². The molecule has 7 heteroatoms. The van der Waals surface area contributed by atoms with Crippen LogP contribution in [0.5, 0.6) is 0 Å². The first-order chi connectivity index (χ1) is 11.9. The van der Waals surface area contributed by atoms with Gasteiger partial charge in [-0.2, -0.15) is 0 Å². The number of rotatable bonds is 3. The summed E-state index contributed by atoms with van der Waals surface area (Å²) in [5.41, 5.74) is 0.881. The molecule has 1 aliphatic heterocycles. The van der Waals surface area contributed by atoms with Crippen LogP contribution in [0.1, 0.15) is 35.2 Å². The minimum atomic E-state index is -0.811. The molecule has 1 aromatic rings. The summed E-state index contributed by atoms with van der Waals surface area (Å²) in [5.74, 6) is -1.27. The van der Waals surface area contributed by atoms with E-state index >= 15 is 0 Å². The minimum Gasteiger partial charge on any atom is -0.481 e. The molecule has 0 radical (unpaired) electrons. The van der Waals surface area contributed by atoms with E-state index < -0.39 is 17.4 Å². The van der Waals surface area contributed by atoms with E-state index in [1.807, 2.05) is 6.92 Å². The van der Waals surface area contributed by atoms with Crippen LogP contribution in [-0.2, 0) is 9.53 Å². The second kappa shape index (κ2) is 6.38. The van der Waals surface area contributed by atoms with Gasteiger partial charge in [0.05, 0.1) is 18.1 Å². The molecule has 2 amide bonds. The summed E-state index contributed by atoms with van der Waals surface area (Å²) in [4.78, 5) is 37.6. The first-order valence-corrected chi connectivity index (χ1v) is 8.35. The van der Waals surface area contributed by atoms with Crippen molar-refractivity contribution in [2.45, 2.75) is 26.2 Å². The summed E-state index contributed by atoms with van der Waals surface area (Å²) in [7, 11) is 1.30. The lowest BCUT2D eigenvalue weighted by molar-refractivity contribution is -0.149. The third-order valence-corrected chi connectivity index (χ3v) is 5.48. The Morgan fingerprint density at radius 2 is 2.12 bits per heavy atom. The van der Waals surface area contributed by atoms with Crippen LogP contribution in [0.15, 0.2) is 18.2 Å². The van der Waals surface area contributed by atoms with Gasteiger partial charge >= 0.3 is 18.0 Å². The molecule has 1 aliphatic carbocycles. The molecular formula is C18H22N2O5. The number of benzene rings is 1.